The van der Waals surface area contributed by atoms with Crippen molar-refractivity contribution in [3.05, 3.63) is 58.6 Å². The number of carbonyl (C=O) groups excluding carboxylic acids is 1. The largest absolute Gasteiger partial charge is 0.496 e. The number of benzene rings is 2. The standard InChI is InChI=1S/C18H20BrN3O4S/c1-13(22(27(3,24)25)16-7-5-4-6-8-16)18(23)21-20-12-14-11-15(19)9-10-17(14)26-2/h4-13H,1-3H3,(H,21,23)/b20-12-/t13-/m1/s1. The maximum atomic E-state index is 12.4. The van der Waals surface area contributed by atoms with Crippen molar-refractivity contribution in [2.24, 2.45) is 5.10 Å². The molecule has 1 atom stereocenters. The molecule has 2 aromatic rings. The van der Waals surface area contributed by atoms with Crippen LogP contribution in [0.1, 0.15) is 12.5 Å². The molecule has 0 bridgehead atoms. The Morgan fingerprint density at radius 2 is 1.93 bits per heavy atom. The summed E-state index contributed by atoms with van der Waals surface area (Å²) in [6.07, 6.45) is 2.49. The summed E-state index contributed by atoms with van der Waals surface area (Å²) < 4.78 is 31.5. The number of methoxy groups -OCH3 is 1. The van der Waals surface area contributed by atoms with E-state index in [9.17, 15) is 13.2 Å². The van der Waals surface area contributed by atoms with Gasteiger partial charge in [0.1, 0.15) is 11.8 Å². The number of hydrogen-bond donors (Lipinski definition) is 1. The molecule has 144 valence electrons. The van der Waals surface area contributed by atoms with Gasteiger partial charge in [0.25, 0.3) is 5.91 Å². The molecule has 27 heavy (non-hydrogen) atoms. The molecule has 7 nitrogen and oxygen atoms in total. The zero-order valence-corrected chi connectivity index (χ0v) is 17.5. The molecule has 9 heteroatoms. The first-order chi connectivity index (χ1) is 12.7. The molecule has 0 fully saturated rings. The van der Waals surface area contributed by atoms with Crippen molar-refractivity contribution in [2.45, 2.75) is 13.0 Å². The number of para-hydroxylation sites is 1. The summed E-state index contributed by atoms with van der Waals surface area (Å²) in [6.45, 7) is 1.50. The highest BCUT2D eigenvalue weighted by Crippen LogP contribution is 2.22. The van der Waals surface area contributed by atoms with E-state index in [-0.39, 0.29) is 0 Å². The number of halogens is 1. The fourth-order valence-corrected chi connectivity index (χ4v) is 4.00. The minimum Gasteiger partial charge on any atom is -0.496 e. The van der Waals surface area contributed by atoms with E-state index in [0.717, 1.165) is 15.0 Å². The lowest BCUT2D eigenvalue weighted by molar-refractivity contribution is -0.121. The molecule has 1 N–H and O–H groups in total. The molecule has 2 rings (SSSR count). The lowest BCUT2D eigenvalue weighted by Gasteiger charge is -2.27. The summed E-state index contributed by atoms with van der Waals surface area (Å²) in [7, 11) is -2.13. The molecule has 0 aliphatic rings. The Morgan fingerprint density at radius 1 is 1.26 bits per heavy atom. The van der Waals surface area contributed by atoms with Gasteiger partial charge >= 0.3 is 0 Å². The maximum absolute atomic E-state index is 12.4. The Morgan fingerprint density at radius 3 is 2.52 bits per heavy atom. The molecular formula is C18H20BrN3O4S. The van der Waals surface area contributed by atoms with Gasteiger partial charge in [0.15, 0.2) is 0 Å². The normalized spacial score (nSPS) is 12.6. The quantitative estimate of drug-likeness (QED) is 0.515. The number of ether oxygens (including phenoxy) is 1. The summed E-state index contributed by atoms with van der Waals surface area (Å²) in [5.74, 6) is 0.0285. The van der Waals surface area contributed by atoms with Crippen LogP contribution >= 0.6 is 15.9 Å². The van der Waals surface area contributed by atoms with Crippen LogP contribution in [0.25, 0.3) is 0 Å². The van der Waals surface area contributed by atoms with Gasteiger partial charge in [-0.3, -0.25) is 9.10 Å². The Labute approximate surface area is 167 Å². The van der Waals surface area contributed by atoms with Crippen molar-refractivity contribution in [2.75, 3.05) is 17.7 Å². The van der Waals surface area contributed by atoms with Gasteiger partial charge < -0.3 is 4.74 Å². The van der Waals surface area contributed by atoms with Crippen molar-refractivity contribution in [3.63, 3.8) is 0 Å². The van der Waals surface area contributed by atoms with Gasteiger partial charge in [0, 0.05) is 10.0 Å². The Bertz CT molecular complexity index is 933. The van der Waals surface area contributed by atoms with Crippen LogP contribution in [0.15, 0.2) is 58.1 Å². The number of sulfonamides is 1. The third kappa shape index (κ3) is 5.54. The Balaban J connectivity index is 2.18. The van der Waals surface area contributed by atoms with E-state index in [1.54, 1.807) is 42.5 Å². The fourth-order valence-electron chi connectivity index (χ4n) is 2.45. The fraction of sp³-hybridized carbons (Fsp3) is 0.222. The van der Waals surface area contributed by atoms with E-state index < -0.39 is 22.0 Å². The molecule has 0 spiro atoms. The zero-order valence-electron chi connectivity index (χ0n) is 15.1. The smallest absolute Gasteiger partial charge is 0.263 e. The minimum absolute atomic E-state index is 0.403. The topological polar surface area (TPSA) is 88.1 Å². The van der Waals surface area contributed by atoms with Gasteiger partial charge in [0.05, 0.1) is 25.3 Å². The number of nitrogens with zero attached hydrogens (tertiary/aromatic N) is 2. The van der Waals surface area contributed by atoms with Crippen molar-refractivity contribution >= 4 is 43.8 Å². The average Bonchev–Trinajstić information content (AvgIpc) is 2.61. The van der Waals surface area contributed by atoms with E-state index in [1.165, 1.54) is 20.2 Å². The average molecular weight is 454 g/mol. The Kier molecular flexibility index (Phi) is 6.98. The predicted octanol–water partition coefficient (Wildman–Crippen LogP) is 2.76. The second-order valence-electron chi connectivity index (χ2n) is 5.69. The lowest BCUT2D eigenvalue weighted by atomic mass is 10.2. The molecule has 0 radical (unpaired) electrons. The van der Waals surface area contributed by atoms with Crippen molar-refractivity contribution < 1.29 is 17.9 Å². The van der Waals surface area contributed by atoms with Crippen LogP contribution in [0.2, 0.25) is 0 Å². The van der Waals surface area contributed by atoms with Crippen molar-refractivity contribution in [1.29, 1.82) is 0 Å². The van der Waals surface area contributed by atoms with Gasteiger partial charge in [-0.25, -0.2) is 13.8 Å². The highest BCUT2D eigenvalue weighted by Gasteiger charge is 2.28. The second kappa shape index (κ2) is 9.01. The van der Waals surface area contributed by atoms with Crippen LogP contribution in [-0.4, -0.2) is 39.9 Å². The lowest BCUT2D eigenvalue weighted by Crippen LogP contribution is -2.46. The van der Waals surface area contributed by atoms with Crippen molar-refractivity contribution in [1.82, 2.24) is 5.43 Å². The zero-order chi connectivity index (χ0) is 20.0. The highest BCUT2D eigenvalue weighted by atomic mass is 79.9. The summed E-state index contributed by atoms with van der Waals surface area (Å²) in [4.78, 5) is 12.4. The molecule has 2 aromatic carbocycles. The molecule has 1 amide bonds. The molecule has 0 saturated heterocycles. The van der Waals surface area contributed by atoms with Crippen LogP contribution in [0.5, 0.6) is 5.75 Å². The molecule has 0 unspecified atom stereocenters. The maximum Gasteiger partial charge on any atom is 0.263 e. The van der Waals surface area contributed by atoms with E-state index in [0.29, 0.717) is 17.0 Å². The van der Waals surface area contributed by atoms with E-state index in [1.807, 2.05) is 6.07 Å². The number of rotatable bonds is 7. The number of hydrazone groups is 1. The second-order valence-corrected chi connectivity index (χ2v) is 8.47. The van der Waals surface area contributed by atoms with Gasteiger partial charge in [0.2, 0.25) is 10.0 Å². The SMILES string of the molecule is COc1ccc(Br)cc1/C=N\NC(=O)[C@@H](C)N(c1ccccc1)S(C)(=O)=O. The summed E-state index contributed by atoms with van der Waals surface area (Å²) >= 11 is 3.36. The summed E-state index contributed by atoms with van der Waals surface area (Å²) in [5.41, 5.74) is 3.44. The van der Waals surface area contributed by atoms with Gasteiger partial charge in [-0.2, -0.15) is 5.10 Å². The Hall–Kier alpha value is -2.39. The minimum atomic E-state index is -3.66. The molecule has 0 aromatic heterocycles. The van der Waals surface area contributed by atoms with Gasteiger partial charge in [-0.15, -0.1) is 0 Å². The van der Waals surface area contributed by atoms with Crippen LogP contribution in [-0.2, 0) is 14.8 Å². The predicted molar refractivity (Wildman–Crippen MR) is 110 cm³/mol. The third-order valence-electron chi connectivity index (χ3n) is 3.67. The van der Waals surface area contributed by atoms with Crippen LogP contribution in [0.4, 0.5) is 5.69 Å². The number of carbonyl (C=O) groups is 1. The molecule has 0 saturated carbocycles. The molecule has 0 aliphatic heterocycles. The van der Waals surface area contributed by atoms with E-state index in [2.05, 4.69) is 26.5 Å². The summed E-state index contributed by atoms with van der Waals surface area (Å²) in [5, 5.41) is 3.92. The number of amides is 1. The number of nitrogens with one attached hydrogen (secondary N) is 1. The van der Waals surface area contributed by atoms with Gasteiger partial charge in [-0.1, -0.05) is 34.1 Å². The molecule has 0 heterocycles. The monoisotopic (exact) mass is 453 g/mol. The first-order valence-electron chi connectivity index (χ1n) is 7.95. The first kappa shape index (κ1) is 20.9. The van der Waals surface area contributed by atoms with E-state index >= 15 is 0 Å². The molecular weight excluding hydrogens is 434 g/mol. The van der Waals surface area contributed by atoms with Crippen LogP contribution in [0, 0.1) is 0 Å². The number of hydrogen-bond acceptors (Lipinski definition) is 5. The molecule has 0 aliphatic carbocycles. The van der Waals surface area contributed by atoms with E-state index in [4.69, 9.17) is 4.74 Å². The first-order valence-corrected chi connectivity index (χ1v) is 10.6. The summed E-state index contributed by atoms with van der Waals surface area (Å²) in [6, 6.07) is 12.8. The van der Waals surface area contributed by atoms with Gasteiger partial charge in [-0.05, 0) is 37.3 Å². The number of anilines is 1. The van der Waals surface area contributed by atoms with Crippen molar-refractivity contribution in [3.8, 4) is 5.75 Å². The highest BCUT2D eigenvalue weighted by molar-refractivity contribution is 9.10. The van der Waals surface area contributed by atoms with Crippen LogP contribution < -0.4 is 14.5 Å². The van der Waals surface area contributed by atoms with Crippen LogP contribution in [0.3, 0.4) is 0 Å². The third-order valence-corrected chi connectivity index (χ3v) is 5.40.